The fraction of sp³-hybridized carbons (Fsp3) is 0.0476. The van der Waals surface area contributed by atoms with Gasteiger partial charge in [0.2, 0.25) is 0 Å². The molecule has 110 valence electrons. The van der Waals surface area contributed by atoms with E-state index < -0.39 is 5.92 Å². The normalized spacial score (nSPS) is 14.1. The van der Waals surface area contributed by atoms with Gasteiger partial charge < -0.3 is 0 Å². The summed E-state index contributed by atoms with van der Waals surface area (Å²) in [7, 11) is 0. The maximum atomic E-state index is 13.1. The highest BCUT2D eigenvalue weighted by Crippen LogP contribution is 2.37. The van der Waals surface area contributed by atoms with Gasteiger partial charge in [0.15, 0.2) is 11.6 Å². The second-order valence-electron chi connectivity index (χ2n) is 5.66. The van der Waals surface area contributed by atoms with Crippen LogP contribution in [0, 0.1) is 0 Å². The lowest BCUT2D eigenvalue weighted by Crippen LogP contribution is -2.21. The maximum absolute atomic E-state index is 13.1. The highest BCUT2D eigenvalue weighted by molar-refractivity contribution is 6.26. The number of benzene rings is 3. The number of carbonyl (C=O) groups is 2. The summed E-state index contributed by atoms with van der Waals surface area (Å²) in [5.41, 5.74) is 3.63. The Morgan fingerprint density at radius 3 is 1.35 bits per heavy atom. The zero-order valence-electron chi connectivity index (χ0n) is 12.4. The molecule has 4 rings (SSSR count). The van der Waals surface area contributed by atoms with E-state index in [4.69, 9.17) is 0 Å². The molecule has 0 heterocycles. The number of Topliss-reactive ketones (excluding diaryl/α,β-unsaturated/α-hetero) is 2. The van der Waals surface area contributed by atoms with E-state index >= 15 is 0 Å². The Kier molecular flexibility index (Phi) is 3.16. The molecule has 0 radical (unpaired) electrons. The summed E-state index contributed by atoms with van der Waals surface area (Å²) in [6.45, 7) is 0. The van der Waals surface area contributed by atoms with Crippen molar-refractivity contribution in [3.63, 3.8) is 0 Å². The topological polar surface area (TPSA) is 34.1 Å². The third-order valence-corrected chi connectivity index (χ3v) is 4.33. The smallest absolute Gasteiger partial charge is 0.178 e. The van der Waals surface area contributed by atoms with Crippen molar-refractivity contribution in [2.24, 2.45) is 0 Å². The molecule has 23 heavy (non-hydrogen) atoms. The molecule has 0 aliphatic heterocycles. The first kappa shape index (κ1) is 13.6. The summed E-state index contributed by atoms with van der Waals surface area (Å²) in [6.07, 6.45) is 0. The molecule has 1 aliphatic rings. The van der Waals surface area contributed by atoms with Crippen LogP contribution in [0.3, 0.4) is 0 Å². The van der Waals surface area contributed by atoms with Gasteiger partial charge in [-0.25, -0.2) is 0 Å². The van der Waals surface area contributed by atoms with E-state index in [0.29, 0.717) is 11.1 Å². The number of hydrogen-bond donors (Lipinski definition) is 0. The Bertz CT molecular complexity index is 852. The van der Waals surface area contributed by atoms with Gasteiger partial charge in [-0.1, -0.05) is 78.9 Å². The molecule has 0 saturated carbocycles. The first-order valence-corrected chi connectivity index (χ1v) is 7.59. The fourth-order valence-corrected chi connectivity index (χ4v) is 3.24. The first-order valence-electron chi connectivity index (χ1n) is 7.59. The van der Waals surface area contributed by atoms with E-state index in [1.807, 2.05) is 78.9 Å². The molecule has 0 spiro atoms. The molecule has 3 aromatic carbocycles. The minimum Gasteiger partial charge on any atom is -0.293 e. The Morgan fingerprint density at radius 1 is 0.478 bits per heavy atom. The van der Waals surface area contributed by atoms with Crippen LogP contribution in [-0.4, -0.2) is 11.6 Å². The quantitative estimate of drug-likeness (QED) is 0.619. The molecule has 3 aromatic rings. The van der Waals surface area contributed by atoms with Crippen LogP contribution in [0.4, 0.5) is 0 Å². The second-order valence-corrected chi connectivity index (χ2v) is 5.66. The van der Waals surface area contributed by atoms with Gasteiger partial charge in [-0.2, -0.15) is 0 Å². The number of fused-ring (bicyclic) bond motifs is 3. The molecule has 0 atom stereocenters. The van der Waals surface area contributed by atoms with Crippen LogP contribution >= 0.6 is 0 Å². The van der Waals surface area contributed by atoms with Crippen molar-refractivity contribution in [1.29, 1.82) is 0 Å². The number of carbonyl (C=O) groups excluding carboxylic acids is 2. The van der Waals surface area contributed by atoms with Crippen molar-refractivity contribution < 1.29 is 9.59 Å². The zero-order chi connectivity index (χ0) is 15.8. The molecule has 0 amide bonds. The SMILES string of the molecule is O=C1c2ccccc2-c2ccccc2C(=O)C1c1ccccc1. The Balaban J connectivity index is 2.03. The minimum absolute atomic E-state index is 0.131. The van der Waals surface area contributed by atoms with E-state index in [0.717, 1.165) is 16.7 Å². The van der Waals surface area contributed by atoms with E-state index in [9.17, 15) is 9.59 Å². The Labute approximate surface area is 134 Å². The predicted octanol–water partition coefficient (Wildman–Crippen LogP) is 4.52. The van der Waals surface area contributed by atoms with Crippen molar-refractivity contribution in [2.75, 3.05) is 0 Å². The van der Waals surface area contributed by atoms with Gasteiger partial charge >= 0.3 is 0 Å². The fourth-order valence-electron chi connectivity index (χ4n) is 3.24. The summed E-state index contributed by atoms with van der Waals surface area (Å²) in [5, 5.41) is 0. The van der Waals surface area contributed by atoms with Crippen LogP contribution < -0.4 is 0 Å². The standard InChI is InChI=1S/C21H14O2/c22-20-17-12-6-4-10-15(17)16-11-5-7-13-18(16)21(23)19(20)14-8-2-1-3-9-14/h1-13,19H. The summed E-state index contributed by atoms with van der Waals surface area (Å²) < 4.78 is 0. The first-order chi connectivity index (χ1) is 11.3. The van der Waals surface area contributed by atoms with Gasteiger partial charge in [0.05, 0.1) is 0 Å². The molecule has 2 nitrogen and oxygen atoms in total. The van der Waals surface area contributed by atoms with E-state index in [2.05, 4.69) is 0 Å². The monoisotopic (exact) mass is 298 g/mol. The van der Waals surface area contributed by atoms with Crippen molar-refractivity contribution >= 4 is 11.6 Å². The molecule has 1 aliphatic carbocycles. The maximum Gasteiger partial charge on any atom is 0.178 e. The van der Waals surface area contributed by atoms with Gasteiger partial charge in [-0.15, -0.1) is 0 Å². The van der Waals surface area contributed by atoms with Crippen LogP contribution in [0.2, 0.25) is 0 Å². The molecule has 0 fully saturated rings. The number of rotatable bonds is 1. The van der Waals surface area contributed by atoms with Gasteiger partial charge in [-0.05, 0) is 16.7 Å². The predicted molar refractivity (Wildman–Crippen MR) is 89.7 cm³/mol. The minimum atomic E-state index is -0.777. The average Bonchev–Trinajstić information content (AvgIpc) is 2.71. The van der Waals surface area contributed by atoms with Gasteiger partial charge in [0, 0.05) is 11.1 Å². The molecule has 0 saturated heterocycles. The summed E-state index contributed by atoms with van der Waals surface area (Å²) in [5.74, 6) is -1.04. The van der Waals surface area contributed by atoms with E-state index in [1.165, 1.54) is 0 Å². The summed E-state index contributed by atoms with van der Waals surface area (Å²) >= 11 is 0. The molecule has 0 bridgehead atoms. The van der Waals surface area contributed by atoms with Crippen LogP contribution in [0.5, 0.6) is 0 Å². The molecule has 2 heteroatoms. The Morgan fingerprint density at radius 2 is 0.870 bits per heavy atom. The van der Waals surface area contributed by atoms with Crippen LogP contribution in [-0.2, 0) is 0 Å². The molecule has 0 N–H and O–H groups in total. The molecule has 0 unspecified atom stereocenters. The van der Waals surface area contributed by atoms with Crippen molar-refractivity contribution in [3.8, 4) is 11.1 Å². The van der Waals surface area contributed by atoms with Gasteiger partial charge in [-0.3, -0.25) is 9.59 Å². The third-order valence-electron chi connectivity index (χ3n) is 4.33. The number of hydrogen-bond acceptors (Lipinski definition) is 2. The third kappa shape index (κ3) is 2.11. The van der Waals surface area contributed by atoms with E-state index in [-0.39, 0.29) is 11.6 Å². The van der Waals surface area contributed by atoms with Crippen molar-refractivity contribution in [1.82, 2.24) is 0 Å². The van der Waals surface area contributed by atoms with E-state index in [1.54, 1.807) is 0 Å². The lowest BCUT2D eigenvalue weighted by atomic mass is 9.86. The van der Waals surface area contributed by atoms with Crippen LogP contribution in [0.15, 0.2) is 78.9 Å². The van der Waals surface area contributed by atoms with Crippen molar-refractivity contribution in [3.05, 3.63) is 95.6 Å². The van der Waals surface area contributed by atoms with Crippen LogP contribution in [0.25, 0.3) is 11.1 Å². The van der Waals surface area contributed by atoms with Gasteiger partial charge in [0.1, 0.15) is 5.92 Å². The Hall–Kier alpha value is -3.00. The molecular formula is C21H14O2. The zero-order valence-corrected chi connectivity index (χ0v) is 12.4. The molecule has 0 aromatic heterocycles. The highest BCUT2D eigenvalue weighted by atomic mass is 16.2. The largest absolute Gasteiger partial charge is 0.293 e. The second kappa shape index (κ2) is 5.33. The van der Waals surface area contributed by atoms with Crippen molar-refractivity contribution in [2.45, 2.75) is 5.92 Å². The lowest BCUT2D eigenvalue weighted by Gasteiger charge is -2.13. The summed E-state index contributed by atoms with van der Waals surface area (Å²) in [6, 6.07) is 24.2. The van der Waals surface area contributed by atoms with Crippen LogP contribution in [0.1, 0.15) is 32.2 Å². The highest BCUT2D eigenvalue weighted by Gasteiger charge is 2.35. The summed E-state index contributed by atoms with van der Waals surface area (Å²) in [4.78, 5) is 26.2. The average molecular weight is 298 g/mol. The number of ketones is 2. The lowest BCUT2D eigenvalue weighted by molar-refractivity contribution is 0.0863. The molecular weight excluding hydrogens is 284 g/mol. The van der Waals surface area contributed by atoms with Gasteiger partial charge in [0.25, 0.3) is 0 Å².